The SMILES string of the molecule is Cc1cc(P(c2cccc(C(C)(C)C)c2O)c2cc(C)cc(C(C)(C)C)c2OCCN(C)C)c(OCCN(C)C)c(C(C)(C)C)c1. The minimum atomic E-state index is -1.32. The fourth-order valence-corrected chi connectivity index (χ4v) is 8.41. The Morgan fingerprint density at radius 2 is 0.978 bits per heavy atom. The Labute approximate surface area is 282 Å². The smallest absolute Gasteiger partial charge is 0.131 e. The molecule has 0 fully saturated rings. The van der Waals surface area contributed by atoms with Crippen LogP contribution in [-0.4, -0.2) is 69.4 Å². The highest BCUT2D eigenvalue weighted by atomic mass is 31.1. The van der Waals surface area contributed by atoms with Gasteiger partial charge in [-0.3, -0.25) is 0 Å². The molecule has 3 aromatic carbocycles. The van der Waals surface area contributed by atoms with Gasteiger partial charge in [-0.1, -0.05) is 92.6 Å². The molecular weight excluding hydrogens is 587 g/mol. The average molecular weight is 649 g/mol. The van der Waals surface area contributed by atoms with Crippen LogP contribution in [0.3, 0.4) is 0 Å². The van der Waals surface area contributed by atoms with Gasteiger partial charge >= 0.3 is 0 Å². The first-order valence-electron chi connectivity index (χ1n) is 16.6. The van der Waals surface area contributed by atoms with Gasteiger partial charge < -0.3 is 24.4 Å². The lowest BCUT2D eigenvalue weighted by Gasteiger charge is -2.33. The third kappa shape index (κ3) is 9.27. The highest BCUT2D eigenvalue weighted by Crippen LogP contribution is 2.48. The molecule has 254 valence electrons. The molecule has 0 atom stereocenters. The van der Waals surface area contributed by atoms with Gasteiger partial charge in [0.25, 0.3) is 0 Å². The molecule has 0 bridgehead atoms. The number of benzene rings is 3. The first-order chi connectivity index (χ1) is 21.1. The minimum absolute atomic E-state index is 0.154. The number of hydrogen-bond donors (Lipinski definition) is 1. The summed E-state index contributed by atoms with van der Waals surface area (Å²) >= 11 is 0. The summed E-state index contributed by atoms with van der Waals surface area (Å²) in [5.74, 6) is 2.20. The van der Waals surface area contributed by atoms with Crippen LogP contribution >= 0.6 is 7.92 Å². The number of hydrogen-bond acceptors (Lipinski definition) is 5. The van der Waals surface area contributed by atoms with Gasteiger partial charge in [-0.2, -0.15) is 0 Å². The quantitative estimate of drug-likeness (QED) is 0.218. The van der Waals surface area contributed by atoms with Crippen LogP contribution in [0.15, 0.2) is 42.5 Å². The predicted octanol–water partition coefficient (Wildman–Crippen LogP) is 7.54. The fourth-order valence-electron chi connectivity index (χ4n) is 5.62. The number of rotatable bonds is 11. The molecule has 46 heavy (non-hydrogen) atoms. The zero-order chi connectivity index (χ0) is 34.8. The Bertz CT molecular complexity index is 1410. The van der Waals surface area contributed by atoms with E-state index < -0.39 is 7.92 Å². The van der Waals surface area contributed by atoms with Gasteiger partial charge in [-0.15, -0.1) is 0 Å². The van der Waals surface area contributed by atoms with Crippen LogP contribution in [0.5, 0.6) is 17.2 Å². The van der Waals surface area contributed by atoms with E-state index in [0.29, 0.717) is 19.0 Å². The van der Waals surface area contributed by atoms with Crippen molar-refractivity contribution in [2.45, 2.75) is 92.4 Å². The van der Waals surface area contributed by atoms with Gasteiger partial charge in [0.15, 0.2) is 0 Å². The van der Waals surface area contributed by atoms with Crippen molar-refractivity contribution in [1.82, 2.24) is 9.80 Å². The van der Waals surface area contributed by atoms with Gasteiger partial charge in [0.05, 0.1) is 0 Å². The summed E-state index contributed by atoms with van der Waals surface area (Å²) in [5.41, 5.74) is 5.12. The normalized spacial score (nSPS) is 12.8. The standard InChI is InChI=1S/C40H61N2O3P/c1-27-23-30(39(6,7)8)36(44-21-19-41(12)13)33(25-27)46(32-18-16-17-29(35(32)43)38(3,4)5)34-26-28(2)24-31(40(9,10)11)37(34)45-22-20-42(14)15/h16-18,23-26,43H,19-22H2,1-15H3. The summed E-state index contributed by atoms with van der Waals surface area (Å²) in [6, 6.07) is 15.4. The average Bonchev–Trinajstić information content (AvgIpc) is 2.89. The molecule has 0 saturated carbocycles. The third-order valence-corrected chi connectivity index (χ3v) is 10.6. The van der Waals surface area contributed by atoms with Crippen molar-refractivity contribution in [3.8, 4) is 17.2 Å². The van der Waals surface area contributed by atoms with Crippen LogP contribution in [0.2, 0.25) is 0 Å². The zero-order valence-corrected chi connectivity index (χ0v) is 32.4. The van der Waals surface area contributed by atoms with E-state index in [4.69, 9.17) is 9.47 Å². The van der Waals surface area contributed by atoms with Crippen molar-refractivity contribution in [2.24, 2.45) is 0 Å². The van der Waals surface area contributed by atoms with Crippen LogP contribution in [0.25, 0.3) is 0 Å². The third-order valence-electron chi connectivity index (χ3n) is 8.16. The van der Waals surface area contributed by atoms with E-state index in [-0.39, 0.29) is 16.2 Å². The molecule has 0 aliphatic rings. The van der Waals surface area contributed by atoms with E-state index in [0.717, 1.165) is 46.1 Å². The highest BCUT2D eigenvalue weighted by Gasteiger charge is 2.34. The molecule has 0 aliphatic carbocycles. The maximum absolute atomic E-state index is 12.2. The number of likely N-dealkylation sites (N-methyl/N-ethyl adjacent to an activating group) is 2. The van der Waals surface area contributed by atoms with Gasteiger partial charge in [-0.05, 0) is 95.0 Å². The molecule has 5 nitrogen and oxygen atoms in total. The van der Waals surface area contributed by atoms with Gasteiger partial charge in [0.2, 0.25) is 0 Å². The number of ether oxygens (including phenoxy) is 2. The summed E-state index contributed by atoms with van der Waals surface area (Å²) in [5, 5.41) is 15.4. The van der Waals surface area contributed by atoms with Crippen LogP contribution in [0.1, 0.15) is 90.1 Å². The van der Waals surface area contributed by atoms with Crippen LogP contribution in [-0.2, 0) is 16.2 Å². The Hall–Kier alpha value is -2.59. The Kier molecular flexibility index (Phi) is 12.1. The number of nitrogens with zero attached hydrogens (tertiary/aromatic N) is 2. The molecule has 0 unspecified atom stereocenters. The summed E-state index contributed by atoms with van der Waals surface area (Å²) in [4.78, 5) is 4.30. The molecule has 0 aromatic heterocycles. The first kappa shape index (κ1) is 37.9. The first-order valence-corrected chi connectivity index (χ1v) is 17.9. The van der Waals surface area contributed by atoms with Gasteiger partial charge in [-0.25, -0.2) is 0 Å². The van der Waals surface area contributed by atoms with Crippen molar-refractivity contribution in [2.75, 3.05) is 54.5 Å². The Balaban J connectivity index is 2.56. The maximum Gasteiger partial charge on any atom is 0.131 e. The van der Waals surface area contributed by atoms with E-state index in [1.54, 1.807) is 0 Å². The number of aromatic hydroxyl groups is 1. The van der Waals surface area contributed by atoms with E-state index in [9.17, 15) is 5.11 Å². The van der Waals surface area contributed by atoms with Crippen molar-refractivity contribution in [3.63, 3.8) is 0 Å². The second kappa shape index (κ2) is 14.7. The molecule has 6 heteroatoms. The molecule has 0 radical (unpaired) electrons. The van der Waals surface area contributed by atoms with Gasteiger partial charge in [0, 0.05) is 40.1 Å². The van der Waals surface area contributed by atoms with Crippen molar-refractivity contribution in [1.29, 1.82) is 0 Å². The second-order valence-electron chi connectivity index (χ2n) is 16.4. The van der Waals surface area contributed by atoms with E-state index in [1.165, 1.54) is 22.3 Å². The molecule has 3 rings (SSSR count). The molecular formula is C40H61N2O3P. The lowest BCUT2D eigenvalue weighted by Crippen LogP contribution is -2.31. The van der Waals surface area contributed by atoms with Crippen molar-refractivity contribution >= 4 is 23.8 Å². The highest BCUT2D eigenvalue weighted by molar-refractivity contribution is 7.80. The fraction of sp³-hybridized carbons (Fsp3) is 0.550. The molecule has 0 amide bonds. The number of aryl methyl sites for hydroxylation is 2. The second-order valence-corrected chi connectivity index (χ2v) is 18.5. The van der Waals surface area contributed by atoms with E-state index in [2.05, 4.69) is 157 Å². The summed E-state index contributed by atoms with van der Waals surface area (Å²) in [6.07, 6.45) is 0. The zero-order valence-electron chi connectivity index (χ0n) is 31.5. The predicted molar refractivity (Wildman–Crippen MR) is 200 cm³/mol. The topological polar surface area (TPSA) is 45.2 Å². The molecule has 0 aliphatic heterocycles. The summed E-state index contributed by atoms with van der Waals surface area (Å²) < 4.78 is 13.7. The van der Waals surface area contributed by atoms with Crippen LogP contribution < -0.4 is 25.4 Å². The number of phenols is 1. The maximum atomic E-state index is 12.2. The summed E-state index contributed by atoms with van der Waals surface area (Å²) in [7, 11) is 6.98. The Morgan fingerprint density at radius 3 is 1.33 bits per heavy atom. The van der Waals surface area contributed by atoms with Crippen LogP contribution in [0.4, 0.5) is 0 Å². The lowest BCUT2D eigenvalue weighted by atomic mass is 9.85. The monoisotopic (exact) mass is 648 g/mol. The lowest BCUT2D eigenvalue weighted by molar-refractivity contribution is 0.258. The molecule has 3 aromatic rings. The number of para-hydroxylation sites is 1. The molecule has 0 saturated heterocycles. The Morgan fingerprint density at radius 1 is 0.587 bits per heavy atom. The molecule has 0 heterocycles. The minimum Gasteiger partial charge on any atom is -0.507 e. The van der Waals surface area contributed by atoms with Gasteiger partial charge in [0.1, 0.15) is 30.5 Å². The van der Waals surface area contributed by atoms with Crippen molar-refractivity contribution < 1.29 is 14.6 Å². The van der Waals surface area contributed by atoms with E-state index >= 15 is 0 Å². The van der Waals surface area contributed by atoms with Crippen LogP contribution in [0, 0.1) is 13.8 Å². The largest absolute Gasteiger partial charge is 0.507 e. The number of phenolic OH excluding ortho intramolecular Hbond substituents is 1. The van der Waals surface area contributed by atoms with Crippen molar-refractivity contribution in [3.05, 3.63) is 70.3 Å². The molecule has 0 spiro atoms. The van der Waals surface area contributed by atoms with E-state index in [1.807, 2.05) is 0 Å². The molecule has 1 N–H and O–H groups in total. The summed E-state index contributed by atoms with van der Waals surface area (Å²) in [6.45, 7) is 27.1.